The molecule has 3 N–H and O–H groups in total. The molecule has 3 atom stereocenters. The Morgan fingerprint density at radius 1 is 1.50 bits per heavy atom. The number of rotatable bonds is 4. The zero-order valence-corrected chi connectivity index (χ0v) is 13.7. The Bertz CT molecular complexity index is 459. The van der Waals surface area contributed by atoms with E-state index in [1.807, 2.05) is 31.2 Å². The lowest BCUT2D eigenvalue weighted by atomic mass is 10.1. The molecule has 1 aliphatic heterocycles. The second kappa shape index (κ2) is 7.98. The average molecular weight is 364 g/mol. The molecule has 1 heterocycles. The van der Waals surface area contributed by atoms with E-state index in [1.54, 1.807) is 0 Å². The maximum atomic E-state index is 12.1. The second-order valence-electron chi connectivity index (χ2n) is 4.81. The minimum atomic E-state index is -0.363. The van der Waals surface area contributed by atoms with E-state index in [0.717, 1.165) is 22.9 Å². The number of nitrogens with two attached hydrogens (primary N) is 1. The van der Waals surface area contributed by atoms with Crippen molar-refractivity contribution in [2.75, 3.05) is 6.54 Å². The highest BCUT2D eigenvalue weighted by Crippen LogP contribution is 2.24. The number of benzene rings is 1. The van der Waals surface area contributed by atoms with Crippen LogP contribution in [0.5, 0.6) is 0 Å². The number of amides is 1. The fourth-order valence-corrected chi connectivity index (χ4v) is 2.91. The van der Waals surface area contributed by atoms with Crippen molar-refractivity contribution >= 4 is 34.2 Å². The van der Waals surface area contributed by atoms with Crippen molar-refractivity contribution in [1.82, 2.24) is 5.32 Å². The molecule has 0 saturated carbocycles. The van der Waals surface area contributed by atoms with Gasteiger partial charge in [0.05, 0.1) is 12.1 Å². The second-order valence-corrected chi connectivity index (χ2v) is 5.67. The van der Waals surface area contributed by atoms with Crippen LogP contribution < -0.4 is 11.1 Å². The maximum Gasteiger partial charge on any atom is 0.249 e. The highest BCUT2D eigenvalue weighted by molar-refractivity contribution is 9.10. The van der Waals surface area contributed by atoms with E-state index < -0.39 is 0 Å². The number of ether oxygens (including phenoxy) is 1. The Kier molecular flexibility index (Phi) is 6.95. The van der Waals surface area contributed by atoms with Crippen LogP contribution in [-0.4, -0.2) is 24.7 Å². The summed E-state index contributed by atoms with van der Waals surface area (Å²) >= 11 is 3.49. The fraction of sp³-hybridized carbons (Fsp3) is 0.500. The molecule has 0 aromatic heterocycles. The molecule has 1 unspecified atom stereocenters. The standard InChI is InChI=1S/C14H19BrN2O2.ClH/c1-9(11-4-2-3-5-12(11)15)17-14(18)13-7-6-10(8-16)19-13;/h2-5,9-10,13H,6-8,16H2,1H3,(H,17,18);1H/t9?,10-,13+;/m1./s1. The van der Waals surface area contributed by atoms with Crippen molar-refractivity contribution < 1.29 is 9.53 Å². The normalized spacial score (nSPS) is 22.9. The van der Waals surface area contributed by atoms with Gasteiger partial charge in [0.2, 0.25) is 5.91 Å². The molecule has 112 valence electrons. The van der Waals surface area contributed by atoms with E-state index in [-0.39, 0.29) is 36.6 Å². The minimum absolute atomic E-state index is 0. The van der Waals surface area contributed by atoms with Gasteiger partial charge in [-0.25, -0.2) is 0 Å². The van der Waals surface area contributed by atoms with Gasteiger partial charge in [-0.1, -0.05) is 34.1 Å². The lowest BCUT2D eigenvalue weighted by Gasteiger charge is -2.19. The minimum Gasteiger partial charge on any atom is -0.364 e. The number of hydrogen-bond acceptors (Lipinski definition) is 3. The predicted molar refractivity (Wildman–Crippen MR) is 84.9 cm³/mol. The van der Waals surface area contributed by atoms with Gasteiger partial charge in [-0.3, -0.25) is 4.79 Å². The molecule has 1 fully saturated rings. The van der Waals surface area contributed by atoms with Crippen LogP contribution in [0.25, 0.3) is 0 Å². The zero-order chi connectivity index (χ0) is 13.8. The molecule has 6 heteroatoms. The molecule has 1 aliphatic rings. The van der Waals surface area contributed by atoms with Crippen molar-refractivity contribution in [2.24, 2.45) is 5.73 Å². The molecular formula is C14H20BrClN2O2. The lowest BCUT2D eigenvalue weighted by Crippen LogP contribution is -2.37. The Morgan fingerprint density at radius 3 is 2.80 bits per heavy atom. The monoisotopic (exact) mass is 362 g/mol. The van der Waals surface area contributed by atoms with Gasteiger partial charge in [0.25, 0.3) is 0 Å². The van der Waals surface area contributed by atoms with Crippen LogP contribution in [0.2, 0.25) is 0 Å². The van der Waals surface area contributed by atoms with Crippen molar-refractivity contribution in [3.63, 3.8) is 0 Å². The first-order chi connectivity index (χ1) is 9.11. The van der Waals surface area contributed by atoms with Gasteiger partial charge in [-0.2, -0.15) is 0 Å². The fourth-order valence-electron chi connectivity index (χ4n) is 2.28. The molecule has 1 aromatic rings. The summed E-state index contributed by atoms with van der Waals surface area (Å²) in [6, 6.07) is 7.82. The quantitative estimate of drug-likeness (QED) is 0.864. The number of halogens is 2. The van der Waals surface area contributed by atoms with Crippen LogP contribution in [-0.2, 0) is 9.53 Å². The van der Waals surface area contributed by atoms with Gasteiger partial charge >= 0.3 is 0 Å². The summed E-state index contributed by atoms with van der Waals surface area (Å²) in [6.45, 7) is 2.44. The number of hydrogen-bond donors (Lipinski definition) is 2. The first kappa shape index (κ1) is 17.4. The summed E-state index contributed by atoms with van der Waals surface area (Å²) in [6.07, 6.45) is 1.27. The Balaban J connectivity index is 0.00000200. The third-order valence-electron chi connectivity index (χ3n) is 3.39. The van der Waals surface area contributed by atoms with E-state index in [2.05, 4.69) is 21.2 Å². The molecule has 0 bridgehead atoms. The molecule has 1 amide bonds. The van der Waals surface area contributed by atoms with Gasteiger partial charge in [-0.15, -0.1) is 12.4 Å². The van der Waals surface area contributed by atoms with Crippen molar-refractivity contribution in [1.29, 1.82) is 0 Å². The van der Waals surface area contributed by atoms with Gasteiger partial charge in [0.15, 0.2) is 0 Å². The zero-order valence-electron chi connectivity index (χ0n) is 11.3. The molecule has 20 heavy (non-hydrogen) atoms. The first-order valence-electron chi connectivity index (χ1n) is 6.52. The molecule has 1 saturated heterocycles. The van der Waals surface area contributed by atoms with Crippen molar-refractivity contribution in [3.05, 3.63) is 34.3 Å². The highest BCUT2D eigenvalue weighted by Gasteiger charge is 2.30. The molecule has 2 rings (SSSR count). The summed E-state index contributed by atoms with van der Waals surface area (Å²) in [5, 5.41) is 2.99. The van der Waals surface area contributed by atoms with E-state index in [0.29, 0.717) is 6.54 Å². The van der Waals surface area contributed by atoms with Crippen molar-refractivity contribution in [2.45, 2.75) is 38.0 Å². The Labute approximate surface area is 134 Å². The highest BCUT2D eigenvalue weighted by atomic mass is 79.9. The van der Waals surface area contributed by atoms with Crippen LogP contribution in [0, 0.1) is 0 Å². The average Bonchev–Trinajstić information content (AvgIpc) is 2.88. The molecular weight excluding hydrogens is 344 g/mol. The molecule has 0 spiro atoms. The number of carbonyl (C=O) groups excluding carboxylic acids is 1. The van der Waals surface area contributed by atoms with Crippen LogP contribution in [0.1, 0.15) is 31.4 Å². The van der Waals surface area contributed by atoms with Crippen LogP contribution in [0.15, 0.2) is 28.7 Å². The molecule has 4 nitrogen and oxygen atoms in total. The molecule has 0 radical (unpaired) electrons. The van der Waals surface area contributed by atoms with E-state index >= 15 is 0 Å². The van der Waals surface area contributed by atoms with Crippen LogP contribution >= 0.6 is 28.3 Å². The summed E-state index contributed by atoms with van der Waals surface area (Å²) in [5.74, 6) is -0.0563. The largest absolute Gasteiger partial charge is 0.364 e. The van der Waals surface area contributed by atoms with Gasteiger partial charge < -0.3 is 15.8 Å². The summed E-state index contributed by atoms with van der Waals surface area (Å²) in [7, 11) is 0. The predicted octanol–water partition coefficient (Wildman–Crippen LogP) is 2.55. The Hall–Kier alpha value is -0.620. The third-order valence-corrected chi connectivity index (χ3v) is 4.12. The van der Waals surface area contributed by atoms with Crippen LogP contribution in [0.4, 0.5) is 0 Å². The Morgan fingerprint density at radius 2 is 2.20 bits per heavy atom. The summed E-state index contributed by atoms with van der Waals surface area (Å²) in [4.78, 5) is 12.1. The number of nitrogens with one attached hydrogen (secondary N) is 1. The lowest BCUT2D eigenvalue weighted by molar-refractivity contribution is -0.132. The molecule has 0 aliphatic carbocycles. The number of carbonyl (C=O) groups is 1. The van der Waals surface area contributed by atoms with Gasteiger partial charge in [-0.05, 0) is 31.4 Å². The van der Waals surface area contributed by atoms with Gasteiger partial charge in [0, 0.05) is 11.0 Å². The van der Waals surface area contributed by atoms with E-state index in [4.69, 9.17) is 10.5 Å². The van der Waals surface area contributed by atoms with Crippen LogP contribution in [0.3, 0.4) is 0 Å². The first-order valence-corrected chi connectivity index (χ1v) is 7.31. The summed E-state index contributed by atoms with van der Waals surface area (Å²) in [5.41, 5.74) is 6.60. The maximum absolute atomic E-state index is 12.1. The van der Waals surface area contributed by atoms with Gasteiger partial charge in [0.1, 0.15) is 6.10 Å². The van der Waals surface area contributed by atoms with E-state index in [1.165, 1.54) is 0 Å². The third kappa shape index (κ3) is 4.19. The topological polar surface area (TPSA) is 64.4 Å². The van der Waals surface area contributed by atoms with E-state index in [9.17, 15) is 4.79 Å². The van der Waals surface area contributed by atoms with Crippen molar-refractivity contribution in [3.8, 4) is 0 Å². The smallest absolute Gasteiger partial charge is 0.249 e. The SMILES string of the molecule is CC(NC(=O)[C@@H]1CC[C@H](CN)O1)c1ccccc1Br.Cl. The summed E-state index contributed by atoms with van der Waals surface area (Å²) < 4.78 is 6.59. The molecule has 1 aromatic carbocycles.